The van der Waals surface area contributed by atoms with E-state index in [1.54, 1.807) is 0 Å². The zero-order valence-electron chi connectivity index (χ0n) is 12.6. The van der Waals surface area contributed by atoms with Crippen molar-refractivity contribution in [3.05, 3.63) is 0 Å². The molecule has 0 aromatic heterocycles. The molecule has 0 saturated heterocycles. The summed E-state index contributed by atoms with van der Waals surface area (Å²) in [6.45, 7) is 6.97. The highest BCUT2D eigenvalue weighted by Crippen LogP contribution is 2.06. The molecule has 0 aromatic carbocycles. The maximum Gasteiger partial charge on any atom is 0.407 e. The molecule has 114 valence electrons. The fourth-order valence-electron chi connectivity index (χ4n) is 1.47. The second-order valence-electron chi connectivity index (χ2n) is 5.53. The first-order valence-corrected chi connectivity index (χ1v) is 7.36. The number of carbonyl (C=O) groups excluding carboxylic acids is 1. The highest BCUT2D eigenvalue weighted by atomic mass is 32.1. The van der Waals surface area contributed by atoms with Crippen LogP contribution < -0.4 is 10.6 Å². The van der Waals surface area contributed by atoms with Gasteiger partial charge in [-0.25, -0.2) is 4.79 Å². The molecule has 0 bridgehead atoms. The number of thiocarbonyl (C=S) groups is 1. The minimum Gasteiger partial charge on any atom is -0.444 e. The number of nitriles is 1. The number of amides is 1. The molecule has 0 saturated carbocycles. The summed E-state index contributed by atoms with van der Waals surface area (Å²) in [6.07, 6.45) is 3.98. The summed E-state index contributed by atoms with van der Waals surface area (Å²) < 4.78 is 5.13. The minimum atomic E-state index is -0.447. The molecule has 0 aliphatic rings. The fraction of sp³-hybridized carbons (Fsp3) is 0.786. The molecule has 1 amide bonds. The maximum absolute atomic E-state index is 11.3. The second kappa shape index (κ2) is 10.4. The van der Waals surface area contributed by atoms with Gasteiger partial charge in [0.25, 0.3) is 0 Å². The van der Waals surface area contributed by atoms with Gasteiger partial charge in [-0.1, -0.05) is 25.1 Å². The molecular formula is C14H25N3O2S. The smallest absolute Gasteiger partial charge is 0.407 e. The number of carbonyl (C=O) groups is 1. The lowest BCUT2D eigenvalue weighted by atomic mass is 10.2. The largest absolute Gasteiger partial charge is 0.444 e. The molecule has 0 spiro atoms. The van der Waals surface area contributed by atoms with Crippen molar-refractivity contribution in [3.63, 3.8) is 0 Å². The van der Waals surface area contributed by atoms with Crippen molar-refractivity contribution in [2.75, 3.05) is 13.1 Å². The highest BCUT2D eigenvalue weighted by Gasteiger charge is 2.15. The van der Waals surface area contributed by atoms with E-state index in [-0.39, 0.29) is 12.5 Å². The summed E-state index contributed by atoms with van der Waals surface area (Å²) in [5.41, 5.74) is -0.447. The van der Waals surface area contributed by atoms with Gasteiger partial charge in [-0.2, -0.15) is 5.26 Å². The van der Waals surface area contributed by atoms with E-state index in [1.807, 2.05) is 26.8 Å². The molecule has 0 aliphatic heterocycles. The van der Waals surface area contributed by atoms with Crippen LogP contribution in [0.25, 0.3) is 0 Å². The van der Waals surface area contributed by atoms with Crippen LogP contribution in [0.1, 0.15) is 52.9 Å². The van der Waals surface area contributed by atoms with E-state index in [9.17, 15) is 4.79 Å². The lowest BCUT2D eigenvalue weighted by Gasteiger charge is -2.19. The first-order valence-electron chi connectivity index (χ1n) is 6.95. The lowest BCUT2D eigenvalue weighted by Crippen LogP contribution is -2.33. The Morgan fingerprint density at radius 3 is 2.20 bits per heavy atom. The molecule has 0 aromatic rings. The second-order valence-corrected chi connectivity index (χ2v) is 6.02. The van der Waals surface area contributed by atoms with Gasteiger partial charge in [-0.15, -0.1) is 0 Å². The number of rotatable bonds is 8. The third-order valence-electron chi connectivity index (χ3n) is 2.33. The lowest BCUT2D eigenvalue weighted by molar-refractivity contribution is 0.0527. The van der Waals surface area contributed by atoms with Crippen molar-refractivity contribution in [2.45, 2.75) is 58.5 Å². The van der Waals surface area contributed by atoms with E-state index >= 15 is 0 Å². The summed E-state index contributed by atoms with van der Waals surface area (Å²) in [7, 11) is 0. The normalized spacial score (nSPS) is 10.5. The maximum atomic E-state index is 11.3. The monoisotopic (exact) mass is 299 g/mol. The van der Waals surface area contributed by atoms with E-state index in [2.05, 4.69) is 10.6 Å². The van der Waals surface area contributed by atoms with Crippen LogP contribution in [0.2, 0.25) is 0 Å². The Morgan fingerprint density at radius 2 is 1.70 bits per heavy atom. The van der Waals surface area contributed by atoms with Crippen LogP contribution in [0.5, 0.6) is 0 Å². The van der Waals surface area contributed by atoms with Crippen LogP contribution in [0.3, 0.4) is 0 Å². The van der Waals surface area contributed by atoms with Crippen molar-refractivity contribution >= 4 is 23.3 Å². The van der Waals surface area contributed by atoms with Gasteiger partial charge in [-0.3, -0.25) is 0 Å². The molecule has 0 unspecified atom stereocenters. The number of hydrogen-bond donors (Lipinski definition) is 2. The number of hydrogen-bond acceptors (Lipinski definition) is 4. The first kappa shape index (κ1) is 18.7. The van der Waals surface area contributed by atoms with Gasteiger partial charge in [0.15, 0.2) is 0 Å². The summed E-state index contributed by atoms with van der Waals surface area (Å²) in [6, 6.07) is 2.01. The van der Waals surface area contributed by atoms with Crippen molar-refractivity contribution in [2.24, 2.45) is 0 Å². The van der Waals surface area contributed by atoms with Crippen LogP contribution in [-0.2, 0) is 4.74 Å². The van der Waals surface area contributed by atoms with Crippen molar-refractivity contribution < 1.29 is 9.53 Å². The van der Waals surface area contributed by atoms with Gasteiger partial charge < -0.3 is 15.4 Å². The van der Waals surface area contributed by atoms with Crippen LogP contribution in [0.15, 0.2) is 0 Å². The Kier molecular flexibility index (Phi) is 9.73. The van der Waals surface area contributed by atoms with Gasteiger partial charge in [0.1, 0.15) is 5.60 Å². The number of nitrogens with one attached hydrogen (secondary N) is 2. The highest BCUT2D eigenvalue weighted by molar-refractivity contribution is 7.80. The standard InChI is InChI=1S/C14H25N3O2S/c1-14(2,3)19-13(18)17-11-7-5-4-6-10-16-12(20)8-9-15/h4-8,10-11H2,1-3H3,(H,16,20)(H,17,18). The average Bonchev–Trinajstić information content (AvgIpc) is 2.30. The van der Waals surface area contributed by atoms with Crippen LogP contribution in [-0.4, -0.2) is 29.8 Å². The topological polar surface area (TPSA) is 74.2 Å². The number of alkyl carbamates (subject to hydrolysis) is 1. The van der Waals surface area contributed by atoms with E-state index in [0.717, 1.165) is 32.2 Å². The number of nitrogens with zero attached hydrogens (tertiary/aromatic N) is 1. The molecule has 0 heterocycles. The Morgan fingerprint density at radius 1 is 1.15 bits per heavy atom. The molecule has 5 nitrogen and oxygen atoms in total. The molecule has 0 fully saturated rings. The predicted octanol–water partition coefficient (Wildman–Crippen LogP) is 2.90. The van der Waals surface area contributed by atoms with Crippen LogP contribution in [0, 0.1) is 11.3 Å². The molecular weight excluding hydrogens is 274 g/mol. The van der Waals surface area contributed by atoms with Gasteiger partial charge in [0.2, 0.25) is 0 Å². The molecule has 0 atom stereocenters. The quantitative estimate of drug-likeness (QED) is 0.532. The Hall–Kier alpha value is -1.35. The Bertz CT molecular complexity index is 345. The average molecular weight is 299 g/mol. The number of ether oxygens (including phenoxy) is 1. The third kappa shape index (κ3) is 13.1. The van der Waals surface area contributed by atoms with E-state index in [0.29, 0.717) is 11.5 Å². The van der Waals surface area contributed by atoms with Gasteiger partial charge in [0.05, 0.1) is 17.5 Å². The van der Waals surface area contributed by atoms with E-state index < -0.39 is 5.60 Å². The zero-order chi connectivity index (χ0) is 15.4. The molecule has 0 aliphatic carbocycles. The molecule has 0 rings (SSSR count). The van der Waals surface area contributed by atoms with Gasteiger partial charge >= 0.3 is 6.09 Å². The molecule has 2 N–H and O–H groups in total. The van der Waals surface area contributed by atoms with Crippen molar-refractivity contribution in [3.8, 4) is 6.07 Å². The van der Waals surface area contributed by atoms with E-state index in [4.69, 9.17) is 22.2 Å². The van der Waals surface area contributed by atoms with Crippen molar-refractivity contribution in [1.29, 1.82) is 5.26 Å². The first-order chi connectivity index (χ1) is 9.35. The SMILES string of the molecule is CC(C)(C)OC(=O)NCCCCCCNC(=S)CC#N. The van der Waals surface area contributed by atoms with Gasteiger partial charge in [-0.05, 0) is 33.6 Å². The Labute approximate surface area is 127 Å². The zero-order valence-corrected chi connectivity index (χ0v) is 13.4. The van der Waals surface area contributed by atoms with E-state index in [1.165, 1.54) is 0 Å². The van der Waals surface area contributed by atoms with Crippen LogP contribution in [0.4, 0.5) is 4.79 Å². The molecule has 20 heavy (non-hydrogen) atoms. The molecule has 0 radical (unpaired) electrons. The summed E-state index contributed by atoms with van der Waals surface area (Å²) in [5.74, 6) is 0. The van der Waals surface area contributed by atoms with Crippen LogP contribution >= 0.6 is 12.2 Å². The third-order valence-corrected chi connectivity index (χ3v) is 2.62. The summed E-state index contributed by atoms with van der Waals surface area (Å²) >= 11 is 4.95. The summed E-state index contributed by atoms with van der Waals surface area (Å²) in [5, 5.41) is 14.2. The number of unbranched alkanes of at least 4 members (excludes halogenated alkanes) is 3. The minimum absolute atomic E-state index is 0.287. The Balaban J connectivity index is 3.35. The predicted molar refractivity (Wildman–Crippen MR) is 83.5 cm³/mol. The summed E-state index contributed by atoms with van der Waals surface area (Å²) in [4.78, 5) is 12.0. The molecule has 6 heteroatoms. The van der Waals surface area contributed by atoms with Crippen molar-refractivity contribution in [1.82, 2.24) is 10.6 Å². The fourth-order valence-corrected chi connectivity index (χ4v) is 1.64. The van der Waals surface area contributed by atoms with Gasteiger partial charge in [0, 0.05) is 13.1 Å².